The fourth-order valence-corrected chi connectivity index (χ4v) is 4.41. The zero-order chi connectivity index (χ0) is 27.4. The molecule has 38 heavy (non-hydrogen) atoms. The number of benzene rings is 2. The van der Waals surface area contributed by atoms with E-state index in [-0.39, 0.29) is 30.2 Å². The number of rotatable bonds is 4. The summed E-state index contributed by atoms with van der Waals surface area (Å²) in [5, 5.41) is 0.244. The number of aromatic nitrogens is 1. The smallest absolute Gasteiger partial charge is 0.308 e. The van der Waals surface area contributed by atoms with Gasteiger partial charge in [0.1, 0.15) is 22.7 Å². The average Bonchev–Trinajstić information content (AvgIpc) is 2.90. The largest absolute Gasteiger partial charge is 0.325 e. The van der Waals surface area contributed by atoms with Crippen LogP contribution in [0.1, 0.15) is 24.5 Å². The average molecular weight is 537 g/mol. The van der Waals surface area contributed by atoms with Crippen molar-refractivity contribution >= 4 is 41.2 Å². The first-order valence-electron chi connectivity index (χ1n) is 11.6. The Morgan fingerprint density at radius 3 is 2.37 bits per heavy atom. The number of aldehydes is 1. The predicted octanol–water partition coefficient (Wildman–Crippen LogP) is 4.67. The van der Waals surface area contributed by atoms with Crippen LogP contribution in [0.4, 0.5) is 25.0 Å². The molecule has 0 radical (unpaired) electrons. The molecule has 7 nitrogen and oxygen atoms in total. The third kappa shape index (κ3) is 5.22. The number of piperazine rings is 1. The monoisotopic (exact) mass is 536 g/mol. The standard InChI is InChI=1S/C28H23ClF2N4O3/c1-28(12-15-36)26(37)34(21-10-11-24(29)32-18-21)13-14-35(28)27(38)33(2)25-22(30)16-20(17-23(25)31)9-8-19-6-4-3-5-7-19/h3-7,10-11,15-18H,12-14H2,1-2H3. The second-order valence-electron chi connectivity index (χ2n) is 8.84. The summed E-state index contributed by atoms with van der Waals surface area (Å²) in [6.45, 7) is 1.53. The Kier molecular flexibility index (Phi) is 7.74. The zero-order valence-electron chi connectivity index (χ0n) is 20.6. The Hall–Kier alpha value is -4.29. The number of halogens is 3. The molecule has 0 N–H and O–H groups in total. The normalized spacial score (nSPS) is 17.0. The van der Waals surface area contributed by atoms with Gasteiger partial charge in [-0.1, -0.05) is 41.6 Å². The first-order chi connectivity index (χ1) is 18.2. The molecule has 0 bridgehead atoms. The third-order valence-electron chi connectivity index (χ3n) is 6.35. The quantitative estimate of drug-likeness (QED) is 0.276. The van der Waals surface area contributed by atoms with E-state index in [1.807, 2.05) is 6.07 Å². The predicted molar refractivity (Wildman–Crippen MR) is 140 cm³/mol. The number of pyridine rings is 1. The number of urea groups is 1. The van der Waals surface area contributed by atoms with Crippen LogP contribution in [0, 0.1) is 23.5 Å². The highest BCUT2D eigenvalue weighted by Crippen LogP contribution is 2.32. The van der Waals surface area contributed by atoms with Gasteiger partial charge < -0.3 is 14.6 Å². The van der Waals surface area contributed by atoms with Crippen molar-refractivity contribution < 1.29 is 23.2 Å². The molecule has 0 saturated carbocycles. The Labute approximate surface area is 223 Å². The van der Waals surface area contributed by atoms with Crippen LogP contribution in [-0.2, 0) is 9.59 Å². The molecule has 1 unspecified atom stereocenters. The summed E-state index contributed by atoms with van der Waals surface area (Å²) >= 11 is 5.84. The second-order valence-corrected chi connectivity index (χ2v) is 9.23. The van der Waals surface area contributed by atoms with E-state index < -0.39 is 34.8 Å². The van der Waals surface area contributed by atoms with Crippen molar-refractivity contribution in [2.24, 2.45) is 0 Å². The molecule has 10 heteroatoms. The van der Waals surface area contributed by atoms with Crippen LogP contribution < -0.4 is 9.80 Å². The molecule has 3 amide bonds. The number of anilines is 2. The fourth-order valence-electron chi connectivity index (χ4n) is 4.30. The van der Waals surface area contributed by atoms with Gasteiger partial charge in [0.05, 0.1) is 11.9 Å². The summed E-state index contributed by atoms with van der Waals surface area (Å²) in [6, 6.07) is 13.3. The number of nitrogens with zero attached hydrogens (tertiary/aromatic N) is 4. The van der Waals surface area contributed by atoms with Crippen LogP contribution in [0.5, 0.6) is 0 Å². The lowest BCUT2D eigenvalue weighted by atomic mass is 9.91. The topological polar surface area (TPSA) is 73.8 Å². The van der Waals surface area contributed by atoms with Gasteiger partial charge >= 0.3 is 6.03 Å². The Morgan fingerprint density at radius 2 is 1.76 bits per heavy atom. The Morgan fingerprint density at radius 1 is 1.11 bits per heavy atom. The molecule has 194 valence electrons. The lowest BCUT2D eigenvalue weighted by Crippen LogP contribution is -2.68. The lowest BCUT2D eigenvalue weighted by Gasteiger charge is -2.47. The molecule has 0 aliphatic carbocycles. The van der Waals surface area contributed by atoms with Crippen molar-refractivity contribution in [1.82, 2.24) is 9.88 Å². The molecular formula is C28H23ClF2N4O3. The van der Waals surface area contributed by atoms with Crippen LogP contribution >= 0.6 is 11.6 Å². The van der Waals surface area contributed by atoms with E-state index in [1.165, 1.54) is 31.1 Å². The molecule has 2 aromatic carbocycles. The highest BCUT2D eigenvalue weighted by Gasteiger charge is 2.49. The van der Waals surface area contributed by atoms with Gasteiger partial charge in [0.15, 0.2) is 11.6 Å². The number of amides is 3. The van der Waals surface area contributed by atoms with Crippen molar-refractivity contribution in [3.8, 4) is 11.8 Å². The molecule has 1 aromatic heterocycles. The van der Waals surface area contributed by atoms with Crippen molar-refractivity contribution in [3.05, 3.63) is 88.7 Å². The maximum atomic E-state index is 15.1. The van der Waals surface area contributed by atoms with Gasteiger partial charge in [-0.15, -0.1) is 0 Å². The molecule has 1 atom stereocenters. The first kappa shape index (κ1) is 26.8. The summed E-state index contributed by atoms with van der Waals surface area (Å²) in [5.74, 6) is 3.03. The molecule has 4 rings (SSSR count). The van der Waals surface area contributed by atoms with Crippen molar-refractivity contribution in [2.75, 3.05) is 29.9 Å². The van der Waals surface area contributed by atoms with Crippen LogP contribution in [0.25, 0.3) is 0 Å². The van der Waals surface area contributed by atoms with Gasteiger partial charge in [0.25, 0.3) is 5.91 Å². The van der Waals surface area contributed by atoms with E-state index in [1.54, 1.807) is 30.3 Å². The fraction of sp³-hybridized carbons (Fsp3) is 0.214. The second kappa shape index (κ2) is 11.0. The molecular weight excluding hydrogens is 514 g/mol. The molecule has 1 aliphatic rings. The van der Waals surface area contributed by atoms with Crippen molar-refractivity contribution in [1.29, 1.82) is 0 Å². The number of carbonyl (C=O) groups excluding carboxylic acids is 3. The molecule has 3 aromatic rings. The van der Waals surface area contributed by atoms with Crippen LogP contribution in [0.2, 0.25) is 5.15 Å². The van der Waals surface area contributed by atoms with Crippen LogP contribution in [0.3, 0.4) is 0 Å². The summed E-state index contributed by atoms with van der Waals surface area (Å²) in [6.07, 6.45) is 1.63. The van der Waals surface area contributed by atoms with Gasteiger partial charge in [-0.25, -0.2) is 18.6 Å². The van der Waals surface area contributed by atoms with Crippen LogP contribution in [-0.4, -0.2) is 53.8 Å². The van der Waals surface area contributed by atoms with Crippen molar-refractivity contribution in [2.45, 2.75) is 18.9 Å². The summed E-state index contributed by atoms with van der Waals surface area (Å²) in [5.41, 5.74) is -0.970. The molecule has 1 fully saturated rings. The third-order valence-corrected chi connectivity index (χ3v) is 6.57. The first-order valence-corrected chi connectivity index (χ1v) is 12.0. The molecule has 1 saturated heterocycles. The maximum Gasteiger partial charge on any atom is 0.325 e. The minimum atomic E-state index is -1.60. The van der Waals surface area contributed by atoms with E-state index in [0.717, 1.165) is 21.9 Å². The Bertz CT molecular complexity index is 1420. The molecule has 2 heterocycles. The van der Waals surface area contributed by atoms with Crippen LogP contribution in [0.15, 0.2) is 60.8 Å². The number of hydrogen-bond donors (Lipinski definition) is 0. The van der Waals surface area contributed by atoms with Crippen molar-refractivity contribution in [3.63, 3.8) is 0 Å². The van der Waals surface area contributed by atoms with E-state index in [9.17, 15) is 14.4 Å². The van der Waals surface area contributed by atoms with Gasteiger partial charge in [-0.2, -0.15) is 0 Å². The van der Waals surface area contributed by atoms with Gasteiger partial charge in [-0.05, 0) is 43.3 Å². The zero-order valence-corrected chi connectivity index (χ0v) is 21.4. The van der Waals surface area contributed by atoms with E-state index in [2.05, 4.69) is 16.8 Å². The van der Waals surface area contributed by atoms with E-state index >= 15 is 8.78 Å². The number of hydrogen-bond acceptors (Lipinski definition) is 4. The maximum absolute atomic E-state index is 15.1. The van der Waals surface area contributed by atoms with Gasteiger partial charge in [0, 0.05) is 37.7 Å². The summed E-state index contributed by atoms with van der Waals surface area (Å²) < 4.78 is 30.2. The minimum Gasteiger partial charge on any atom is -0.308 e. The van der Waals surface area contributed by atoms with E-state index in [0.29, 0.717) is 17.5 Å². The SMILES string of the molecule is CN(C(=O)N1CCN(c2ccc(Cl)nc2)C(=O)C1(C)CC=O)c1c(F)cc(C#Cc2ccccc2)cc1F. The molecule has 0 spiro atoms. The Balaban J connectivity index is 1.61. The molecule has 1 aliphatic heterocycles. The summed E-state index contributed by atoms with van der Waals surface area (Å²) in [4.78, 5) is 45.9. The number of carbonyl (C=O) groups is 3. The van der Waals surface area contributed by atoms with E-state index in [4.69, 9.17) is 11.6 Å². The minimum absolute atomic E-state index is 0.00571. The highest BCUT2D eigenvalue weighted by molar-refractivity contribution is 6.29. The van der Waals surface area contributed by atoms with Gasteiger partial charge in [-0.3, -0.25) is 9.69 Å². The lowest BCUT2D eigenvalue weighted by molar-refractivity contribution is -0.133. The highest BCUT2D eigenvalue weighted by atomic mass is 35.5. The summed E-state index contributed by atoms with van der Waals surface area (Å²) in [7, 11) is 1.21. The van der Waals surface area contributed by atoms with Gasteiger partial charge in [0.2, 0.25) is 0 Å².